The van der Waals surface area contributed by atoms with Gasteiger partial charge in [-0.15, -0.1) is 0 Å². The van der Waals surface area contributed by atoms with Crippen molar-refractivity contribution >= 4 is 11.9 Å². The van der Waals surface area contributed by atoms with Gasteiger partial charge in [-0.1, -0.05) is 64.2 Å². The van der Waals surface area contributed by atoms with Crippen LogP contribution in [0, 0.1) is 0 Å². The number of carboxylic acids is 2. The molecule has 0 atom stereocenters. The molecule has 0 aliphatic heterocycles. The summed E-state index contributed by atoms with van der Waals surface area (Å²) in [6.07, 6.45) is 15.1. The van der Waals surface area contributed by atoms with Gasteiger partial charge in [0.15, 0.2) is 0 Å². The zero-order valence-electron chi connectivity index (χ0n) is 16.3. The highest BCUT2D eigenvalue weighted by Crippen LogP contribution is 2.09. The molecule has 0 saturated heterocycles. The molecule has 0 amide bonds. The van der Waals surface area contributed by atoms with E-state index in [2.05, 4.69) is 0 Å². The molecule has 0 aromatic rings. The van der Waals surface area contributed by atoms with Crippen molar-refractivity contribution in [1.82, 2.24) is 0 Å². The summed E-state index contributed by atoms with van der Waals surface area (Å²) in [5.41, 5.74) is 0. The van der Waals surface area contributed by atoms with Gasteiger partial charge in [0.2, 0.25) is 0 Å². The van der Waals surface area contributed by atoms with E-state index in [0.29, 0.717) is 26.1 Å². The van der Waals surface area contributed by atoms with Crippen LogP contribution in [-0.4, -0.2) is 45.6 Å². The third-order valence-corrected chi connectivity index (χ3v) is 4.10. The number of carbonyl (C=O) groups is 2. The van der Waals surface area contributed by atoms with Gasteiger partial charge in [-0.2, -0.15) is 0 Å². The highest BCUT2D eigenvalue weighted by atomic mass is 16.4. The summed E-state index contributed by atoms with van der Waals surface area (Å²) < 4.78 is 0. The Morgan fingerprint density at radius 3 is 0.885 bits per heavy atom. The van der Waals surface area contributed by atoms with Gasteiger partial charge in [-0.3, -0.25) is 9.59 Å². The SMILES string of the molecule is O=C(O)CCCCCCCCCO.O=C(O)CCCCCCCCCO. The van der Waals surface area contributed by atoms with Crippen molar-refractivity contribution in [1.29, 1.82) is 0 Å². The summed E-state index contributed by atoms with van der Waals surface area (Å²) in [6, 6.07) is 0. The van der Waals surface area contributed by atoms with Crippen LogP contribution in [0.1, 0.15) is 103 Å². The fraction of sp³-hybridized carbons (Fsp3) is 0.900. The molecule has 0 rings (SSSR count). The molecule has 6 nitrogen and oxygen atoms in total. The Bertz CT molecular complexity index is 277. The van der Waals surface area contributed by atoms with Crippen molar-refractivity contribution in [2.45, 2.75) is 103 Å². The van der Waals surface area contributed by atoms with E-state index in [0.717, 1.165) is 77.0 Å². The third kappa shape index (κ3) is 30.7. The molecular weight excluding hydrogens is 336 g/mol. The Labute approximate surface area is 158 Å². The van der Waals surface area contributed by atoms with Crippen molar-refractivity contribution in [3.8, 4) is 0 Å². The number of hydrogen-bond acceptors (Lipinski definition) is 4. The minimum atomic E-state index is -0.694. The van der Waals surface area contributed by atoms with Gasteiger partial charge in [-0.05, 0) is 25.7 Å². The average molecular weight is 377 g/mol. The molecule has 0 aromatic carbocycles. The van der Waals surface area contributed by atoms with E-state index in [1.165, 1.54) is 12.8 Å². The molecule has 0 bridgehead atoms. The molecule has 0 heterocycles. The lowest BCUT2D eigenvalue weighted by atomic mass is 10.1. The van der Waals surface area contributed by atoms with Crippen LogP contribution in [0.25, 0.3) is 0 Å². The first-order chi connectivity index (χ1) is 12.5. The monoisotopic (exact) mass is 376 g/mol. The molecule has 0 radical (unpaired) electrons. The fourth-order valence-electron chi connectivity index (χ4n) is 2.54. The number of carboxylic acid groups (broad SMARTS) is 2. The molecule has 0 saturated carbocycles. The molecule has 4 N–H and O–H groups in total. The molecule has 0 unspecified atom stereocenters. The van der Waals surface area contributed by atoms with Gasteiger partial charge in [-0.25, -0.2) is 0 Å². The smallest absolute Gasteiger partial charge is 0.303 e. The van der Waals surface area contributed by atoms with E-state index in [9.17, 15) is 9.59 Å². The lowest BCUT2D eigenvalue weighted by Crippen LogP contribution is -1.93. The van der Waals surface area contributed by atoms with Gasteiger partial charge in [0, 0.05) is 26.1 Å². The van der Waals surface area contributed by atoms with Crippen LogP contribution >= 0.6 is 0 Å². The number of rotatable bonds is 18. The van der Waals surface area contributed by atoms with Crippen LogP contribution in [-0.2, 0) is 9.59 Å². The van der Waals surface area contributed by atoms with E-state index in [-0.39, 0.29) is 0 Å². The van der Waals surface area contributed by atoms with Gasteiger partial charge < -0.3 is 20.4 Å². The minimum absolute atomic E-state index is 0.291. The Kier molecular flexibility index (Phi) is 24.9. The third-order valence-electron chi connectivity index (χ3n) is 4.10. The molecule has 156 valence electrons. The summed E-state index contributed by atoms with van der Waals surface area (Å²) in [5.74, 6) is -1.39. The Morgan fingerprint density at radius 2 is 0.654 bits per heavy atom. The number of aliphatic hydroxyl groups excluding tert-OH is 2. The molecule has 0 aromatic heterocycles. The first kappa shape index (κ1) is 27.1. The summed E-state index contributed by atoms with van der Waals surface area (Å²) >= 11 is 0. The first-order valence-electron chi connectivity index (χ1n) is 10.2. The van der Waals surface area contributed by atoms with Crippen LogP contribution in [0.15, 0.2) is 0 Å². The summed E-state index contributed by atoms with van der Waals surface area (Å²) in [5, 5.41) is 33.7. The number of hydrogen-bond donors (Lipinski definition) is 4. The average Bonchev–Trinajstić information content (AvgIpc) is 2.60. The van der Waals surface area contributed by atoms with Gasteiger partial charge in [0.05, 0.1) is 0 Å². The predicted octanol–water partition coefficient (Wildman–Crippen LogP) is 4.37. The quantitative estimate of drug-likeness (QED) is 0.264. The standard InChI is InChI=1S/2C10H20O3/c2*11-9-7-5-3-1-2-4-6-8-10(12)13/h2*11H,1-9H2,(H,12,13). The summed E-state index contributed by atoms with van der Waals surface area (Å²) in [4.78, 5) is 20.3. The highest BCUT2D eigenvalue weighted by molar-refractivity contribution is 5.66. The zero-order chi connectivity index (χ0) is 19.9. The van der Waals surface area contributed by atoms with Gasteiger partial charge in [0.25, 0.3) is 0 Å². The molecule has 6 heteroatoms. The topological polar surface area (TPSA) is 115 Å². The first-order valence-corrected chi connectivity index (χ1v) is 10.2. The second kappa shape index (κ2) is 23.9. The molecule has 0 aliphatic rings. The number of unbranched alkanes of at least 4 members (excludes halogenated alkanes) is 12. The number of aliphatic carboxylic acids is 2. The van der Waals surface area contributed by atoms with E-state index in [1.54, 1.807) is 0 Å². The second-order valence-corrected chi connectivity index (χ2v) is 6.68. The van der Waals surface area contributed by atoms with E-state index in [1.807, 2.05) is 0 Å². The maximum absolute atomic E-state index is 10.1. The molecule has 0 aliphatic carbocycles. The van der Waals surface area contributed by atoms with Crippen molar-refractivity contribution < 1.29 is 30.0 Å². The number of aliphatic hydroxyl groups is 2. The lowest BCUT2D eigenvalue weighted by Gasteiger charge is -1.99. The van der Waals surface area contributed by atoms with Crippen LogP contribution < -0.4 is 0 Å². The van der Waals surface area contributed by atoms with Crippen molar-refractivity contribution in [2.24, 2.45) is 0 Å². The lowest BCUT2D eigenvalue weighted by molar-refractivity contribution is -0.138. The molecule has 0 fully saturated rings. The van der Waals surface area contributed by atoms with E-state index < -0.39 is 11.9 Å². The fourth-order valence-corrected chi connectivity index (χ4v) is 2.54. The maximum atomic E-state index is 10.1. The van der Waals surface area contributed by atoms with E-state index >= 15 is 0 Å². The maximum Gasteiger partial charge on any atom is 0.303 e. The van der Waals surface area contributed by atoms with Crippen molar-refractivity contribution in [3.63, 3.8) is 0 Å². The van der Waals surface area contributed by atoms with Crippen molar-refractivity contribution in [2.75, 3.05) is 13.2 Å². The van der Waals surface area contributed by atoms with Crippen LogP contribution in [0.4, 0.5) is 0 Å². The van der Waals surface area contributed by atoms with Crippen molar-refractivity contribution in [3.05, 3.63) is 0 Å². The van der Waals surface area contributed by atoms with Gasteiger partial charge >= 0.3 is 11.9 Å². The Hall–Kier alpha value is -1.14. The summed E-state index contributed by atoms with van der Waals surface area (Å²) in [6.45, 7) is 0.581. The second-order valence-electron chi connectivity index (χ2n) is 6.68. The Balaban J connectivity index is 0. The van der Waals surface area contributed by atoms with Gasteiger partial charge in [0.1, 0.15) is 0 Å². The predicted molar refractivity (Wildman–Crippen MR) is 103 cm³/mol. The minimum Gasteiger partial charge on any atom is -0.481 e. The normalized spacial score (nSPS) is 10.2. The summed E-state index contributed by atoms with van der Waals surface area (Å²) in [7, 11) is 0. The zero-order valence-corrected chi connectivity index (χ0v) is 16.3. The van der Waals surface area contributed by atoms with Crippen LogP contribution in [0.2, 0.25) is 0 Å². The Morgan fingerprint density at radius 1 is 0.423 bits per heavy atom. The van der Waals surface area contributed by atoms with Crippen LogP contribution in [0.3, 0.4) is 0 Å². The molecule has 26 heavy (non-hydrogen) atoms. The largest absolute Gasteiger partial charge is 0.481 e. The van der Waals surface area contributed by atoms with Crippen LogP contribution in [0.5, 0.6) is 0 Å². The molecular formula is C20H40O6. The highest BCUT2D eigenvalue weighted by Gasteiger charge is 1.97. The molecule has 0 spiro atoms. The van der Waals surface area contributed by atoms with E-state index in [4.69, 9.17) is 20.4 Å².